The van der Waals surface area contributed by atoms with Crippen LogP contribution in [0.25, 0.3) is 6.08 Å². The molecule has 0 aliphatic carbocycles. The van der Waals surface area contributed by atoms with Crippen LogP contribution in [0.1, 0.15) is 36.5 Å². The first-order chi connectivity index (χ1) is 15.7. The van der Waals surface area contributed by atoms with Gasteiger partial charge in [-0.3, -0.25) is 14.4 Å². The zero-order valence-electron chi connectivity index (χ0n) is 18.7. The number of fused-ring (bicyclic) bond motifs is 1. The SMILES string of the molecule is C=Cc1nc2c(c(=O)[nH]1)CCN(C(=O)C(COCc1ccccc1)NC(=O)C(C)(C)NI)C2. The average molecular weight is 565 g/mol. The van der Waals surface area contributed by atoms with Crippen molar-refractivity contribution in [2.45, 2.75) is 45.0 Å². The van der Waals surface area contributed by atoms with Crippen molar-refractivity contribution < 1.29 is 14.3 Å². The maximum absolute atomic E-state index is 13.4. The third kappa shape index (κ3) is 6.27. The molecule has 10 heteroatoms. The Morgan fingerprint density at radius 2 is 2.09 bits per heavy atom. The van der Waals surface area contributed by atoms with E-state index in [-0.39, 0.29) is 30.5 Å². The molecular formula is C23H28IN5O4. The summed E-state index contributed by atoms with van der Waals surface area (Å²) < 4.78 is 8.71. The molecule has 1 aliphatic rings. The molecule has 176 valence electrons. The molecule has 3 N–H and O–H groups in total. The molecule has 9 nitrogen and oxygen atoms in total. The number of nitrogens with zero attached hydrogens (tertiary/aromatic N) is 2. The van der Waals surface area contributed by atoms with Crippen molar-refractivity contribution in [2.24, 2.45) is 0 Å². The summed E-state index contributed by atoms with van der Waals surface area (Å²) in [5, 5.41) is 2.82. The number of amides is 2. The maximum atomic E-state index is 13.4. The summed E-state index contributed by atoms with van der Waals surface area (Å²) in [5.74, 6) is -0.244. The Morgan fingerprint density at radius 3 is 2.76 bits per heavy atom. The summed E-state index contributed by atoms with van der Waals surface area (Å²) in [5.41, 5.74) is 0.990. The van der Waals surface area contributed by atoms with Crippen LogP contribution in [0.2, 0.25) is 0 Å². The molecular weight excluding hydrogens is 537 g/mol. The van der Waals surface area contributed by atoms with Crippen LogP contribution in [0, 0.1) is 0 Å². The first-order valence-corrected chi connectivity index (χ1v) is 11.7. The lowest BCUT2D eigenvalue weighted by Gasteiger charge is -2.32. The minimum absolute atomic E-state index is 0.0147. The van der Waals surface area contributed by atoms with E-state index in [1.165, 1.54) is 6.08 Å². The van der Waals surface area contributed by atoms with Crippen molar-refractivity contribution in [3.63, 3.8) is 0 Å². The smallest absolute Gasteiger partial charge is 0.254 e. The van der Waals surface area contributed by atoms with Crippen LogP contribution >= 0.6 is 22.9 Å². The van der Waals surface area contributed by atoms with Crippen molar-refractivity contribution >= 4 is 40.8 Å². The van der Waals surface area contributed by atoms with Crippen LogP contribution in [-0.2, 0) is 33.9 Å². The Bertz CT molecular complexity index is 1070. The molecule has 2 amide bonds. The lowest BCUT2D eigenvalue weighted by molar-refractivity contribution is -0.140. The zero-order chi connectivity index (χ0) is 24.0. The number of carbonyl (C=O) groups excluding carboxylic acids is 2. The molecule has 2 aromatic rings. The highest BCUT2D eigenvalue weighted by molar-refractivity contribution is 14.1. The highest BCUT2D eigenvalue weighted by Gasteiger charge is 2.34. The number of aromatic amines is 1. The lowest BCUT2D eigenvalue weighted by Crippen LogP contribution is -2.58. The fraction of sp³-hybridized carbons (Fsp3) is 0.391. The van der Waals surface area contributed by atoms with Gasteiger partial charge in [0.2, 0.25) is 11.8 Å². The van der Waals surface area contributed by atoms with Crippen molar-refractivity contribution in [2.75, 3.05) is 13.2 Å². The van der Waals surface area contributed by atoms with Gasteiger partial charge in [-0.25, -0.2) is 8.51 Å². The van der Waals surface area contributed by atoms with E-state index in [1.807, 2.05) is 53.2 Å². The van der Waals surface area contributed by atoms with Gasteiger partial charge in [0.15, 0.2) is 0 Å². The summed E-state index contributed by atoms with van der Waals surface area (Å²) >= 11 is 1.91. The Morgan fingerprint density at radius 1 is 1.36 bits per heavy atom. The molecule has 2 heterocycles. The molecule has 33 heavy (non-hydrogen) atoms. The minimum Gasteiger partial charge on any atom is -0.374 e. The first kappa shape index (κ1) is 25.1. The summed E-state index contributed by atoms with van der Waals surface area (Å²) in [6.07, 6.45) is 1.84. The summed E-state index contributed by atoms with van der Waals surface area (Å²) in [4.78, 5) is 47.2. The van der Waals surface area contributed by atoms with E-state index in [4.69, 9.17) is 4.74 Å². The maximum Gasteiger partial charge on any atom is 0.254 e. The van der Waals surface area contributed by atoms with E-state index in [9.17, 15) is 14.4 Å². The number of nitrogens with one attached hydrogen (secondary N) is 3. The molecule has 0 saturated carbocycles. The van der Waals surface area contributed by atoms with Gasteiger partial charge in [0, 0.05) is 35.0 Å². The second-order valence-electron chi connectivity index (χ2n) is 8.34. The third-order valence-corrected chi connectivity index (χ3v) is 6.75. The van der Waals surface area contributed by atoms with E-state index in [1.54, 1.807) is 18.7 Å². The van der Waals surface area contributed by atoms with Gasteiger partial charge < -0.3 is 19.9 Å². The number of hydrogen-bond acceptors (Lipinski definition) is 6. The van der Waals surface area contributed by atoms with Crippen LogP contribution in [-0.4, -0.2) is 51.4 Å². The molecule has 0 fully saturated rings. The quantitative estimate of drug-likeness (QED) is 0.315. The van der Waals surface area contributed by atoms with Crippen LogP contribution in [0.4, 0.5) is 0 Å². The van der Waals surface area contributed by atoms with Gasteiger partial charge >= 0.3 is 0 Å². The number of aromatic nitrogens is 2. The minimum atomic E-state index is -0.882. The molecule has 0 spiro atoms. The lowest BCUT2D eigenvalue weighted by atomic mass is 10.0. The normalized spacial score (nSPS) is 14.3. The second kappa shape index (κ2) is 11.0. The fourth-order valence-corrected chi connectivity index (χ4v) is 3.63. The predicted octanol–water partition coefficient (Wildman–Crippen LogP) is 1.72. The molecule has 3 rings (SSSR count). The van der Waals surface area contributed by atoms with E-state index >= 15 is 0 Å². The Hall–Kier alpha value is -2.57. The molecule has 1 aromatic carbocycles. The first-order valence-electron chi connectivity index (χ1n) is 10.6. The molecule has 1 atom stereocenters. The fourth-order valence-electron chi connectivity index (χ4n) is 3.39. The van der Waals surface area contributed by atoms with E-state index in [0.29, 0.717) is 36.7 Å². The summed E-state index contributed by atoms with van der Waals surface area (Å²) in [6.45, 7) is 7.96. The average Bonchev–Trinajstić information content (AvgIpc) is 2.83. The molecule has 0 saturated heterocycles. The second-order valence-corrected chi connectivity index (χ2v) is 8.88. The van der Waals surface area contributed by atoms with E-state index in [0.717, 1.165) is 5.56 Å². The Labute approximate surface area is 206 Å². The Balaban J connectivity index is 1.76. The van der Waals surface area contributed by atoms with Gasteiger partial charge in [-0.1, -0.05) is 36.9 Å². The highest BCUT2D eigenvalue weighted by atomic mass is 127. The highest BCUT2D eigenvalue weighted by Crippen LogP contribution is 2.16. The molecule has 1 aliphatic heterocycles. The number of rotatable bonds is 9. The van der Waals surface area contributed by atoms with Gasteiger partial charge in [-0.2, -0.15) is 0 Å². The Kier molecular flexibility index (Phi) is 8.38. The van der Waals surface area contributed by atoms with E-state index < -0.39 is 11.6 Å². The molecule has 0 bridgehead atoms. The molecule has 1 unspecified atom stereocenters. The number of H-pyrrole nitrogens is 1. The van der Waals surface area contributed by atoms with Gasteiger partial charge in [-0.05, 0) is 31.9 Å². The third-order valence-electron chi connectivity index (χ3n) is 5.40. The van der Waals surface area contributed by atoms with Gasteiger partial charge in [-0.15, -0.1) is 0 Å². The van der Waals surface area contributed by atoms with Crippen molar-refractivity contribution in [3.8, 4) is 0 Å². The van der Waals surface area contributed by atoms with E-state index in [2.05, 4.69) is 25.4 Å². The van der Waals surface area contributed by atoms with Crippen molar-refractivity contribution in [1.29, 1.82) is 0 Å². The predicted molar refractivity (Wildman–Crippen MR) is 133 cm³/mol. The summed E-state index contributed by atoms with van der Waals surface area (Å²) in [7, 11) is 0. The molecule has 0 radical (unpaired) electrons. The number of ether oxygens (including phenoxy) is 1. The van der Waals surface area contributed by atoms with Gasteiger partial charge in [0.25, 0.3) is 5.56 Å². The zero-order valence-corrected chi connectivity index (χ0v) is 20.8. The summed E-state index contributed by atoms with van der Waals surface area (Å²) in [6, 6.07) is 8.72. The standard InChI is InChI=1S/C23H28IN5O4/c1-4-19-25-17-12-29(11-10-16(17)20(30)27-19)21(31)18(26-22(32)23(2,3)28-24)14-33-13-15-8-6-5-7-9-15/h4-9,18,28H,1,10-14H2,2-3H3,(H,26,32)(H,25,27,30). The van der Waals surface area contributed by atoms with Gasteiger partial charge in [0.05, 0.1) is 25.5 Å². The monoisotopic (exact) mass is 565 g/mol. The number of benzene rings is 1. The van der Waals surface area contributed by atoms with Crippen LogP contribution < -0.4 is 14.4 Å². The van der Waals surface area contributed by atoms with Gasteiger partial charge in [0.1, 0.15) is 17.4 Å². The number of hydrogen-bond donors (Lipinski definition) is 3. The molecule has 1 aromatic heterocycles. The number of carbonyl (C=O) groups is 2. The largest absolute Gasteiger partial charge is 0.374 e. The number of halogens is 1. The topological polar surface area (TPSA) is 116 Å². The van der Waals surface area contributed by atoms with Crippen molar-refractivity contribution in [3.05, 3.63) is 69.9 Å². The van der Waals surface area contributed by atoms with Crippen molar-refractivity contribution in [1.82, 2.24) is 23.7 Å². The van der Waals surface area contributed by atoms with Crippen LogP contribution in [0.15, 0.2) is 41.7 Å². The van der Waals surface area contributed by atoms with Crippen LogP contribution in [0.5, 0.6) is 0 Å². The van der Waals surface area contributed by atoms with Crippen LogP contribution in [0.3, 0.4) is 0 Å².